The fraction of sp³-hybridized carbons (Fsp3) is 0.222. The molecule has 1 aromatic carbocycles. The van der Waals surface area contributed by atoms with Crippen LogP contribution in [0.5, 0.6) is 0 Å². The van der Waals surface area contributed by atoms with Gasteiger partial charge in [0.2, 0.25) is 0 Å². The van der Waals surface area contributed by atoms with E-state index in [2.05, 4.69) is 6.58 Å². The normalized spacial score (nSPS) is 11.5. The van der Waals surface area contributed by atoms with Crippen molar-refractivity contribution in [3.05, 3.63) is 66.3 Å². The quantitative estimate of drug-likeness (QED) is 0.412. The lowest BCUT2D eigenvalue weighted by molar-refractivity contribution is -0.136. The molecule has 0 saturated heterocycles. The lowest BCUT2D eigenvalue weighted by atomic mass is 9.96. The zero-order chi connectivity index (χ0) is 16.4. The molecule has 116 valence electrons. The van der Waals surface area contributed by atoms with Crippen molar-refractivity contribution in [1.29, 1.82) is 0 Å². The van der Waals surface area contributed by atoms with Gasteiger partial charge in [0.1, 0.15) is 0 Å². The minimum atomic E-state index is -0.956. The second kappa shape index (κ2) is 9.34. The number of unbranched alkanes of at least 4 members (excludes halogenated alkanes) is 1. The third-order valence-electron chi connectivity index (χ3n) is 2.97. The summed E-state index contributed by atoms with van der Waals surface area (Å²) in [5.41, 5.74) is 2.68. The number of hydrogen-bond donors (Lipinski definition) is 2. The number of carbonyl (C=O) groups is 2. The van der Waals surface area contributed by atoms with E-state index in [0.29, 0.717) is 24.8 Å². The Morgan fingerprint density at radius 2 is 1.73 bits per heavy atom. The second-order valence-corrected chi connectivity index (χ2v) is 4.91. The lowest BCUT2D eigenvalue weighted by Crippen LogP contribution is -1.97. The average molecular weight is 300 g/mol. The molecule has 0 heterocycles. The maximum atomic E-state index is 10.7. The summed E-state index contributed by atoms with van der Waals surface area (Å²) in [6, 6.07) is 9.70. The first kappa shape index (κ1) is 17.4. The molecule has 1 rings (SSSR count). The average Bonchev–Trinajstić information content (AvgIpc) is 2.45. The van der Waals surface area contributed by atoms with Crippen LogP contribution in [-0.2, 0) is 9.59 Å². The van der Waals surface area contributed by atoms with E-state index in [1.807, 2.05) is 36.4 Å². The summed E-state index contributed by atoms with van der Waals surface area (Å²) >= 11 is 0. The topological polar surface area (TPSA) is 74.6 Å². The van der Waals surface area contributed by atoms with Gasteiger partial charge < -0.3 is 10.2 Å². The summed E-state index contributed by atoms with van der Waals surface area (Å²) in [5, 5.41) is 17.4. The third-order valence-corrected chi connectivity index (χ3v) is 2.97. The monoisotopic (exact) mass is 300 g/mol. The van der Waals surface area contributed by atoms with Gasteiger partial charge in [-0.25, -0.2) is 4.79 Å². The van der Waals surface area contributed by atoms with E-state index in [0.717, 1.165) is 17.2 Å². The summed E-state index contributed by atoms with van der Waals surface area (Å²) < 4.78 is 0. The highest BCUT2D eigenvalue weighted by Crippen LogP contribution is 2.24. The summed E-state index contributed by atoms with van der Waals surface area (Å²) in [6.45, 7) is 3.81. The van der Waals surface area contributed by atoms with E-state index in [4.69, 9.17) is 10.2 Å². The van der Waals surface area contributed by atoms with Crippen LogP contribution in [0.3, 0.4) is 0 Å². The van der Waals surface area contributed by atoms with Gasteiger partial charge in [0, 0.05) is 6.08 Å². The molecule has 0 aliphatic rings. The number of carboxylic acid groups (broad SMARTS) is 2. The van der Waals surface area contributed by atoms with Gasteiger partial charge in [-0.05, 0) is 30.4 Å². The minimum absolute atomic E-state index is 0.0525. The van der Waals surface area contributed by atoms with Crippen molar-refractivity contribution in [3.8, 4) is 0 Å². The molecular formula is C18H20O4. The Kier molecular flexibility index (Phi) is 7.40. The van der Waals surface area contributed by atoms with Crippen LogP contribution in [0.15, 0.2) is 60.7 Å². The number of rotatable bonds is 9. The SMILES string of the molecule is C=C(CC(=O)O)C/C(=C\CC/C=C/C(=O)O)c1ccccc1. The Hall–Kier alpha value is -2.62. The molecule has 0 unspecified atom stereocenters. The first-order valence-corrected chi connectivity index (χ1v) is 7.01. The Balaban J connectivity index is 2.76. The van der Waals surface area contributed by atoms with E-state index >= 15 is 0 Å². The molecule has 0 aliphatic carbocycles. The summed E-state index contributed by atoms with van der Waals surface area (Å²) in [6.07, 6.45) is 6.49. The highest BCUT2D eigenvalue weighted by Gasteiger charge is 2.07. The van der Waals surface area contributed by atoms with Crippen LogP contribution >= 0.6 is 0 Å². The van der Waals surface area contributed by atoms with Crippen LogP contribution in [0.2, 0.25) is 0 Å². The highest BCUT2D eigenvalue weighted by molar-refractivity contribution is 5.79. The van der Waals surface area contributed by atoms with E-state index in [9.17, 15) is 9.59 Å². The predicted molar refractivity (Wildman–Crippen MR) is 86.4 cm³/mol. The van der Waals surface area contributed by atoms with Crippen LogP contribution in [0.25, 0.3) is 5.57 Å². The van der Waals surface area contributed by atoms with Crippen LogP contribution in [-0.4, -0.2) is 22.2 Å². The fourth-order valence-corrected chi connectivity index (χ4v) is 2.03. The van der Waals surface area contributed by atoms with Crippen molar-refractivity contribution in [3.63, 3.8) is 0 Å². The second-order valence-electron chi connectivity index (χ2n) is 4.91. The highest BCUT2D eigenvalue weighted by atomic mass is 16.4. The zero-order valence-electron chi connectivity index (χ0n) is 12.4. The standard InChI is InChI=1S/C18H20O4/c1-14(13-18(21)22)12-16(15-8-4-2-5-9-15)10-6-3-7-11-17(19)20/h2,4-5,7-11H,1,3,6,12-13H2,(H,19,20)(H,21,22)/b11-7+,16-10+. The molecule has 0 amide bonds. The number of aliphatic carboxylic acids is 2. The van der Waals surface area contributed by atoms with Gasteiger partial charge in [-0.2, -0.15) is 0 Å². The van der Waals surface area contributed by atoms with Gasteiger partial charge >= 0.3 is 11.9 Å². The number of hydrogen-bond acceptors (Lipinski definition) is 2. The van der Waals surface area contributed by atoms with E-state index in [1.165, 1.54) is 0 Å². The van der Waals surface area contributed by atoms with Gasteiger partial charge in [-0.1, -0.05) is 54.6 Å². The van der Waals surface area contributed by atoms with Crippen LogP contribution in [0.4, 0.5) is 0 Å². The summed E-state index contributed by atoms with van der Waals surface area (Å²) in [7, 11) is 0. The van der Waals surface area contributed by atoms with Crippen molar-refractivity contribution < 1.29 is 19.8 Å². The molecule has 0 aliphatic heterocycles. The van der Waals surface area contributed by atoms with Crippen LogP contribution in [0, 0.1) is 0 Å². The largest absolute Gasteiger partial charge is 0.481 e. The first-order chi connectivity index (χ1) is 10.5. The van der Waals surface area contributed by atoms with Gasteiger partial charge in [0.15, 0.2) is 0 Å². The molecule has 0 spiro atoms. The van der Waals surface area contributed by atoms with Crippen LogP contribution < -0.4 is 0 Å². The molecule has 0 aromatic heterocycles. The number of carboxylic acids is 2. The molecule has 0 atom stereocenters. The molecular weight excluding hydrogens is 280 g/mol. The van der Waals surface area contributed by atoms with Gasteiger partial charge in [-0.3, -0.25) is 4.79 Å². The van der Waals surface area contributed by atoms with Crippen molar-refractivity contribution in [2.24, 2.45) is 0 Å². The van der Waals surface area contributed by atoms with E-state index < -0.39 is 11.9 Å². The summed E-state index contributed by atoms with van der Waals surface area (Å²) in [4.78, 5) is 21.1. The minimum Gasteiger partial charge on any atom is -0.481 e. The Labute approximate surface area is 130 Å². The molecule has 0 bridgehead atoms. The zero-order valence-corrected chi connectivity index (χ0v) is 12.4. The fourth-order valence-electron chi connectivity index (χ4n) is 2.03. The first-order valence-electron chi connectivity index (χ1n) is 7.01. The van der Waals surface area contributed by atoms with Gasteiger partial charge in [0.25, 0.3) is 0 Å². The molecule has 0 saturated carbocycles. The molecule has 0 radical (unpaired) electrons. The summed E-state index contributed by atoms with van der Waals surface area (Å²) in [5.74, 6) is -1.84. The Morgan fingerprint density at radius 1 is 1.05 bits per heavy atom. The third kappa shape index (κ3) is 7.24. The Bertz CT molecular complexity index is 582. The number of benzene rings is 1. The van der Waals surface area contributed by atoms with Crippen molar-refractivity contribution in [2.45, 2.75) is 25.7 Å². The van der Waals surface area contributed by atoms with Crippen molar-refractivity contribution >= 4 is 17.5 Å². The van der Waals surface area contributed by atoms with E-state index in [1.54, 1.807) is 6.08 Å². The van der Waals surface area contributed by atoms with Crippen molar-refractivity contribution in [1.82, 2.24) is 0 Å². The molecule has 0 fully saturated rings. The smallest absolute Gasteiger partial charge is 0.327 e. The number of allylic oxidation sites excluding steroid dienone is 3. The Morgan fingerprint density at radius 3 is 2.32 bits per heavy atom. The molecule has 4 nitrogen and oxygen atoms in total. The maximum absolute atomic E-state index is 10.7. The van der Waals surface area contributed by atoms with Crippen LogP contribution in [0.1, 0.15) is 31.2 Å². The van der Waals surface area contributed by atoms with Gasteiger partial charge in [-0.15, -0.1) is 0 Å². The molecule has 1 aromatic rings. The predicted octanol–water partition coefficient (Wildman–Crippen LogP) is 3.91. The van der Waals surface area contributed by atoms with Crippen molar-refractivity contribution in [2.75, 3.05) is 0 Å². The molecule has 22 heavy (non-hydrogen) atoms. The molecule has 2 N–H and O–H groups in total. The lowest BCUT2D eigenvalue weighted by Gasteiger charge is -2.09. The maximum Gasteiger partial charge on any atom is 0.327 e. The molecule has 4 heteroatoms. The van der Waals surface area contributed by atoms with E-state index in [-0.39, 0.29) is 6.42 Å². The van der Waals surface area contributed by atoms with Gasteiger partial charge in [0.05, 0.1) is 6.42 Å².